The summed E-state index contributed by atoms with van der Waals surface area (Å²) in [5.41, 5.74) is 12.9. The second-order valence-corrected chi connectivity index (χ2v) is 5.71. The van der Waals surface area contributed by atoms with Crippen molar-refractivity contribution in [2.24, 2.45) is 5.73 Å². The van der Waals surface area contributed by atoms with E-state index in [0.29, 0.717) is 30.8 Å². The molecular formula is C14H21N7O3. The van der Waals surface area contributed by atoms with Crippen LogP contribution in [0.15, 0.2) is 24.8 Å². The number of nitrogens with one attached hydrogen (secondary N) is 1. The number of anilines is 1. The summed E-state index contributed by atoms with van der Waals surface area (Å²) in [6.07, 6.45) is -0.808. The molecule has 3 heterocycles. The van der Waals surface area contributed by atoms with E-state index < -0.39 is 24.5 Å². The van der Waals surface area contributed by atoms with Crippen LogP contribution in [0.3, 0.4) is 0 Å². The maximum absolute atomic E-state index is 10.3. The van der Waals surface area contributed by atoms with Gasteiger partial charge in [-0.3, -0.25) is 4.57 Å². The van der Waals surface area contributed by atoms with Crippen molar-refractivity contribution in [3.8, 4) is 0 Å². The number of fused-ring (bicyclic) bond motifs is 1. The Hall–Kier alpha value is -2.11. The van der Waals surface area contributed by atoms with Gasteiger partial charge in [-0.1, -0.05) is 12.2 Å². The molecule has 2 aromatic heterocycles. The highest BCUT2D eigenvalue weighted by Crippen LogP contribution is 2.31. The molecule has 0 aromatic carbocycles. The van der Waals surface area contributed by atoms with Crippen LogP contribution >= 0.6 is 0 Å². The van der Waals surface area contributed by atoms with Crippen molar-refractivity contribution < 1.29 is 14.9 Å². The highest BCUT2D eigenvalue weighted by Gasteiger charge is 2.44. The molecule has 0 saturated carbocycles. The van der Waals surface area contributed by atoms with Gasteiger partial charge in [0.05, 0.1) is 6.33 Å². The molecule has 0 spiro atoms. The maximum atomic E-state index is 10.3. The molecule has 24 heavy (non-hydrogen) atoms. The van der Waals surface area contributed by atoms with Crippen molar-refractivity contribution in [2.45, 2.75) is 24.5 Å². The molecule has 1 saturated heterocycles. The number of rotatable bonds is 6. The summed E-state index contributed by atoms with van der Waals surface area (Å²) < 4.78 is 7.33. The SMILES string of the molecule is C=C(CN)CNC[C@H]1O[C@@H](n2cnc3c(N)ncnc32)[C@H](O)[C@@H]1O. The summed E-state index contributed by atoms with van der Waals surface area (Å²) in [6.45, 7) is 5.03. The van der Waals surface area contributed by atoms with Crippen molar-refractivity contribution in [3.05, 3.63) is 24.8 Å². The maximum Gasteiger partial charge on any atom is 0.167 e. The lowest BCUT2D eigenvalue weighted by Crippen LogP contribution is -2.38. The number of aromatic nitrogens is 4. The van der Waals surface area contributed by atoms with Crippen LogP contribution < -0.4 is 16.8 Å². The van der Waals surface area contributed by atoms with E-state index in [4.69, 9.17) is 16.2 Å². The summed E-state index contributed by atoms with van der Waals surface area (Å²) in [4.78, 5) is 12.1. The first kappa shape index (κ1) is 16.7. The lowest BCUT2D eigenvalue weighted by Gasteiger charge is -2.16. The molecule has 0 bridgehead atoms. The number of aliphatic hydroxyl groups is 2. The number of ether oxygens (including phenoxy) is 1. The van der Waals surface area contributed by atoms with Crippen LogP contribution in [0.25, 0.3) is 11.2 Å². The number of aliphatic hydroxyl groups excluding tert-OH is 2. The zero-order valence-electron chi connectivity index (χ0n) is 13.0. The van der Waals surface area contributed by atoms with Gasteiger partial charge in [0.1, 0.15) is 30.2 Å². The molecular weight excluding hydrogens is 314 g/mol. The van der Waals surface area contributed by atoms with Crippen LogP contribution in [0.4, 0.5) is 5.82 Å². The Morgan fingerprint density at radius 2 is 2.12 bits per heavy atom. The van der Waals surface area contributed by atoms with E-state index in [1.807, 2.05) is 0 Å². The molecule has 2 aromatic rings. The Balaban J connectivity index is 1.74. The van der Waals surface area contributed by atoms with Gasteiger partial charge in [-0.15, -0.1) is 0 Å². The Bertz CT molecular complexity index is 734. The smallest absolute Gasteiger partial charge is 0.167 e. The van der Waals surface area contributed by atoms with Crippen LogP contribution in [-0.2, 0) is 4.74 Å². The number of nitrogens with zero attached hydrogens (tertiary/aromatic N) is 4. The van der Waals surface area contributed by atoms with Crippen LogP contribution in [-0.4, -0.2) is 67.7 Å². The van der Waals surface area contributed by atoms with Gasteiger partial charge in [0.25, 0.3) is 0 Å². The number of nitrogens with two attached hydrogens (primary N) is 2. The first-order valence-electron chi connectivity index (χ1n) is 7.55. The number of nitrogen functional groups attached to an aromatic ring is 1. The Morgan fingerprint density at radius 3 is 2.88 bits per heavy atom. The van der Waals surface area contributed by atoms with Gasteiger partial charge >= 0.3 is 0 Å². The van der Waals surface area contributed by atoms with Crippen molar-refractivity contribution >= 4 is 17.0 Å². The predicted molar refractivity (Wildman–Crippen MR) is 86.7 cm³/mol. The fraction of sp³-hybridized carbons (Fsp3) is 0.500. The van der Waals surface area contributed by atoms with E-state index in [0.717, 1.165) is 5.57 Å². The molecule has 1 fully saturated rings. The van der Waals surface area contributed by atoms with Gasteiger partial charge in [-0.25, -0.2) is 15.0 Å². The number of hydrogen-bond acceptors (Lipinski definition) is 9. The van der Waals surface area contributed by atoms with Crippen molar-refractivity contribution in [3.63, 3.8) is 0 Å². The standard InChI is InChI=1S/C14H21N7O3/c1-7(2-15)3-17-4-8-10(22)11(23)14(24-8)21-6-20-9-12(16)18-5-19-13(9)21/h5-6,8,10-11,14,17,22-23H,1-4,15H2,(H2,16,18,19)/t8-,10-,11-,14-/m1/s1. The third-order valence-electron chi connectivity index (χ3n) is 4.01. The van der Waals surface area contributed by atoms with Gasteiger partial charge in [-0.05, 0) is 0 Å². The lowest BCUT2D eigenvalue weighted by atomic mass is 10.1. The average Bonchev–Trinajstić information content (AvgIpc) is 3.12. The minimum Gasteiger partial charge on any atom is -0.387 e. The van der Waals surface area contributed by atoms with E-state index >= 15 is 0 Å². The normalized spacial score (nSPS) is 27.0. The molecule has 10 heteroatoms. The quantitative estimate of drug-likeness (QED) is 0.381. The molecule has 130 valence electrons. The summed E-state index contributed by atoms with van der Waals surface area (Å²) in [6, 6.07) is 0. The largest absolute Gasteiger partial charge is 0.387 e. The second-order valence-electron chi connectivity index (χ2n) is 5.71. The molecule has 0 radical (unpaired) electrons. The van der Waals surface area contributed by atoms with Gasteiger partial charge < -0.3 is 31.7 Å². The third-order valence-corrected chi connectivity index (χ3v) is 4.01. The molecule has 0 amide bonds. The number of imidazole rings is 1. The van der Waals surface area contributed by atoms with E-state index in [-0.39, 0.29) is 5.82 Å². The average molecular weight is 335 g/mol. The van der Waals surface area contributed by atoms with E-state index in [1.165, 1.54) is 12.7 Å². The Labute approximate surface area is 138 Å². The molecule has 1 aliphatic rings. The minimum atomic E-state index is -1.12. The van der Waals surface area contributed by atoms with Crippen LogP contribution in [0.2, 0.25) is 0 Å². The highest BCUT2D eigenvalue weighted by molar-refractivity contribution is 5.81. The Morgan fingerprint density at radius 1 is 1.33 bits per heavy atom. The first-order valence-corrected chi connectivity index (χ1v) is 7.55. The van der Waals surface area contributed by atoms with E-state index in [2.05, 4.69) is 26.8 Å². The van der Waals surface area contributed by atoms with Crippen LogP contribution in [0, 0.1) is 0 Å². The second kappa shape index (κ2) is 6.79. The molecule has 4 atom stereocenters. The summed E-state index contributed by atoms with van der Waals surface area (Å²) >= 11 is 0. The highest BCUT2D eigenvalue weighted by atomic mass is 16.6. The van der Waals surface area contributed by atoms with Crippen LogP contribution in [0.5, 0.6) is 0 Å². The summed E-state index contributed by atoms with van der Waals surface area (Å²) in [5, 5.41) is 23.6. The number of hydrogen-bond donors (Lipinski definition) is 5. The van der Waals surface area contributed by atoms with E-state index in [1.54, 1.807) is 4.57 Å². The first-order chi connectivity index (χ1) is 11.5. The monoisotopic (exact) mass is 335 g/mol. The van der Waals surface area contributed by atoms with Crippen molar-refractivity contribution in [2.75, 3.05) is 25.4 Å². The molecule has 0 aliphatic carbocycles. The Kier molecular flexibility index (Phi) is 4.73. The fourth-order valence-corrected chi connectivity index (χ4v) is 2.65. The summed E-state index contributed by atoms with van der Waals surface area (Å²) in [5.74, 6) is 0.241. The topological polar surface area (TPSA) is 157 Å². The van der Waals surface area contributed by atoms with Gasteiger partial charge in [-0.2, -0.15) is 0 Å². The molecule has 3 rings (SSSR count). The fourth-order valence-electron chi connectivity index (χ4n) is 2.65. The third kappa shape index (κ3) is 2.97. The van der Waals surface area contributed by atoms with E-state index in [9.17, 15) is 10.2 Å². The zero-order valence-corrected chi connectivity index (χ0v) is 13.0. The zero-order chi connectivity index (χ0) is 17.3. The van der Waals surface area contributed by atoms with Gasteiger partial charge in [0.2, 0.25) is 0 Å². The van der Waals surface area contributed by atoms with Gasteiger partial charge in [0.15, 0.2) is 17.7 Å². The van der Waals surface area contributed by atoms with Crippen LogP contribution in [0.1, 0.15) is 6.23 Å². The molecule has 1 aliphatic heterocycles. The molecule has 10 nitrogen and oxygen atoms in total. The van der Waals surface area contributed by atoms with Gasteiger partial charge in [0, 0.05) is 19.6 Å². The lowest BCUT2D eigenvalue weighted by molar-refractivity contribution is -0.0340. The van der Waals surface area contributed by atoms with Crippen molar-refractivity contribution in [1.29, 1.82) is 0 Å². The predicted octanol–water partition coefficient (Wildman–Crippen LogP) is -1.87. The minimum absolute atomic E-state index is 0.241. The summed E-state index contributed by atoms with van der Waals surface area (Å²) in [7, 11) is 0. The molecule has 7 N–H and O–H groups in total. The van der Waals surface area contributed by atoms with Crippen molar-refractivity contribution in [1.82, 2.24) is 24.8 Å². The molecule has 0 unspecified atom stereocenters.